The lowest BCUT2D eigenvalue weighted by molar-refractivity contribution is 0.455. The molecule has 0 saturated carbocycles. The summed E-state index contributed by atoms with van der Waals surface area (Å²) >= 11 is 0. The Balaban J connectivity index is 1.91. The quantitative estimate of drug-likeness (QED) is 0.915. The van der Waals surface area contributed by atoms with E-state index in [1.54, 1.807) is 6.20 Å². The number of hydrogen-bond acceptors (Lipinski definition) is 3. The normalized spacial score (nSPS) is 13.4. The molecule has 19 heavy (non-hydrogen) atoms. The summed E-state index contributed by atoms with van der Waals surface area (Å²) in [6, 6.07) is 8.27. The van der Waals surface area contributed by atoms with E-state index in [0.29, 0.717) is 12.4 Å². The molecule has 98 valence electrons. The summed E-state index contributed by atoms with van der Waals surface area (Å²) in [5, 5.41) is 0. The highest BCUT2D eigenvalue weighted by atomic mass is 16.5. The predicted molar refractivity (Wildman–Crippen MR) is 75.4 cm³/mol. The number of nitrogens with two attached hydrogens (primary N) is 1. The first kappa shape index (κ1) is 12.2. The van der Waals surface area contributed by atoms with Crippen molar-refractivity contribution in [2.45, 2.75) is 32.7 Å². The molecule has 0 atom stereocenters. The first-order valence-corrected chi connectivity index (χ1v) is 6.72. The van der Waals surface area contributed by atoms with E-state index in [1.807, 2.05) is 19.1 Å². The summed E-state index contributed by atoms with van der Waals surface area (Å²) in [5.74, 6) is 1.48. The lowest BCUT2D eigenvalue weighted by Crippen LogP contribution is -2.03. The predicted octanol–water partition coefficient (Wildman–Crippen LogP) is 3.13. The molecule has 1 aromatic carbocycles. The average molecular weight is 254 g/mol. The average Bonchev–Trinajstić information content (AvgIpc) is 2.86. The number of ether oxygens (including phenoxy) is 1. The van der Waals surface area contributed by atoms with Crippen LogP contribution in [0.4, 0.5) is 0 Å². The van der Waals surface area contributed by atoms with Gasteiger partial charge in [-0.25, -0.2) is 4.98 Å². The smallest absolute Gasteiger partial charge is 0.223 e. The zero-order valence-corrected chi connectivity index (χ0v) is 11.1. The van der Waals surface area contributed by atoms with Crippen LogP contribution in [0.1, 0.15) is 28.7 Å². The molecule has 0 amide bonds. The summed E-state index contributed by atoms with van der Waals surface area (Å²) in [4.78, 5) is 4.30. The Morgan fingerprint density at radius 3 is 2.89 bits per heavy atom. The first-order valence-electron chi connectivity index (χ1n) is 6.72. The van der Waals surface area contributed by atoms with Crippen LogP contribution in [0.5, 0.6) is 11.6 Å². The van der Waals surface area contributed by atoms with Crippen LogP contribution in [0, 0.1) is 6.92 Å². The van der Waals surface area contributed by atoms with Gasteiger partial charge in [0.05, 0.1) is 0 Å². The van der Waals surface area contributed by atoms with Crippen LogP contribution in [-0.4, -0.2) is 4.98 Å². The summed E-state index contributed by atoms with van der Waals surface area (Å²) in [6.07, 6.45) is 5.34. The van der Waals surface area contributed by atoms with E-state index >= 15 is 0 Å². The van der Waals surface area contributed by atoms with Crippen molar-refractivity contribution in [2.24, 2.45) is 5.73 Å². The van der Waals surface area contributed by atoms with Crippen molar-refractivity contribution in [3.8, 4) is 11.6 Å². The molecule has 3 nitrogen and oxygen atoms in total. The maximum Gasteiger partial charge on any atom is 0.223 e. The number of pyridine rings is 1. The van der Waals surface area contributed by atoms with Crippen molar-refractivity contribution in [2.75, 3.05) is 0 Å². The second-order valence-corrected chi connectivity index (χ2v) is 5.00. The number of rotatable bonds is 3. The molecule has 0 spiro atoms. The van der Waals surface area contributed by atoms with Gasteiger partial charge in [0.1, 0.15) is 5.75 Å². The van der Waals surface area contributed by atoms with Crippen LogP contribution >= 0.6 is 0 Å². The highest BCUT2D eigenvalue weighted by Crippen LogP contribution is 2.30. The van der Waals surface area contributed by atoms with Gasteiger partial charge in [0.25, 0.3) is 0 Å². The van der Waals surface area contributed by atoms with Gasteiger partial charge in [0, 0.05) is 18.3 Å². The number of aryl methyl sites for hydroxylation is 3. The Bertz CT molecular complexity index is 608. The lowest BCUT2D eigenvalue weighted by atomic mass is 10.1. The summed E-state index contributed by atoms with van der Waals surface area (Å²) in [7, 11) is 0. The molecule has 1 heterocycles. The zero-order chi connectivity index (χ0) is 13.2. The maximum absolute atomic E-state index is 5.92. The van der Waals surface area contributed by atoms with Crippen LogP contribution in [0.2, 0.25) is 0 Å². The third-order valence-electron chi connectivity index (χ3n) is 3.74. The molecule has 2 N–H and O–H groups in total. The molecule has 0 unspecified atom stereocenters. The second kappa shape index (κ2) is 5.02. The van der Waals surface area contributed by atoms with Gasteiger partial charge in [-0.3, -0.25) is 0 Å². The van der Waals surface area contributed by atoms with Gasteiger partial charge >= 0.3 is 0 Å². The van der Waals surface area contributed by atoms with Crippen LogP contribution in [-0.2, 0) is 19.4 Å². The van der Waals surface area contributed by atoms with E-state index < -0.39 is 0 Å². The van der Waals surface area contributed by atoms with E-state index in [4.69, 9.17) is 10.5 Å². The number of nitrogens with zero attached hydrogens (tertiary/aromatic N) is 1. The van der Waals surface area contributed by atoms with E-state index in [0.717, 1.165) is 23.3 Å². The molecule has 1 aliphatic carbocycles. The van der Waals surface area contributed by atoms with Crippen molar-refractivity contribution in [1.29, 1.82) is 0 Å². The van der Waals surface area contributed by atoms with Crippen molar-refractivity contribution in [3.05, 3.63) is 52.7 Å². The number of aromatic nitrogens is 1. The van der Waals surface area contributed by atoms with Crippen LogP contribution in [0.25, 0.3) is 0 Å². The van der Waals surface area contributed by atoms with E-state index in [9.17, 15) is 0 Å². The van der Waals surface area contributed by atoms with Gasteiger partial charge in [-0.2, -0.15) is 0 Å². The van der Waals surface area contributed by atoms with Crippen LogP contribution < -0.4 is 10.5 Å². The molecule has 0 radical (unpaired) electrons. The van der Waals surface area contributed by atoms with E-state index in [2.05, 4.69) is 17.1 Å². The third-order valence-corrected chi connectivity index (χ3v) is 3.74. The molecule has 1 aromatic heterocycles. The molecular formula is C16H18N2O. The Kier molecular flexibility index (Phi) is 3.22. The number of benzene rings is 1. The third kappa shape index (κ3) is 2.34. The summed E-state index contributed by atoms with van der Waals surface area (Å²) < 4.78 is 5.92. The number of fused-ring (bicyclic) bond motifs is 1. The van der Waals surface area contributed by atoms with Gasteiger partial charge in [-0.05, 0) is 61.1 Å². The summed E-state index contributed by atoms with van der Waals surface area (Å²) in [6.45, 7) is 2.47. The van der Waals surface area contributed by atoms with Crippen molar-refractivity contribution < 1.29 is 4.74 Å². The van der Waals surface area contributed by atoms with E-state index in [1.165, 1.54) is 24.0 Å². The van der Waals surface area contributed by atoms with Gasteiger partial charge in [0.2, 0.25) is 5.88 Å². The SMILES string of the molecule is Cc1ccnc(Oc2ccc3c(c2)CCC3)c1CN. The highest BCUT2D eigenvalue weighted by molar-refractivity contribution is 5.42. The highest BCUT2D eigenvalue weighted by Gasteiger charge is 2.13. The Morgan fingerprint density at radius 2 is 2.05 bits per heavy atom. The monoisotopic (exact) mass is 254 g/mol. The van der Waals surface area contributed by atoms with Crippen LogP contribution in [0.3, 0.4) is 0 Å². The number of hydrogen-bond donors (Lipinski definition) is 1. The minimum Gasteiger partial charge on any atom is -0.439 e. The summed E-state index contributed by atoms with van der Waals surface area (Å²) in [5.41, 5.74) is 10.7. The maximum atomic E-state index is 5.92. The molecule has 0 aliphatic heterocycles. The minimum absolute atomic E-state index is 0.444. The molecule has 2 aromatic rings. The van der Waals surface area contributed by atoms with Crippen molar-refractivity contribution in [1.82, 2.24) is 4.98 Å². The van der Waals surface area contributed by atoms with E-state index in [-0.39, 0.29) is 0 Å². The Hall–Kier alpha value is -1.87. The fraction of sp³-hybridized carbons (Fsp3) is 0.312. The second-order valence-electron chi connectivity index (χ2n) is 5.00. The van der Waals surface area contributed by atoms with Gasteiger partial charge in [-0.15, -0.1) is 0 Å². The Morgan fingerprint density at radius 1 is 1.21 bits per heavy atom. The molecular weight excluding hydrogens is 236 g/mol. The molecule has 3 rings (SSSR count). The topological polar surface area (TPSA) is 48.1 Å². The van der Waals surface area contributed by atoms with Crippen molar-refractivity contribution >= 4 is 0 Å². The molecule has 3 heteroatoms. The minimum atomic E-state index is 0.444. The van der Waals surface area contributed by atoms with Gasteiger partial charge < -0.3 is 10.5 Å². The van der Waals surface area contributed by atoms with Gasteiger partial charge in [-0.1, -0.05) is 6.07 Å². The van der Waals surface area contributed by atoms with Crippen LogP contribution in [0.15, 0.2) is 30.5 Å². The molecule has 0 bridgehead atoms. The molecule has 0 saturated heterocycles. The lowest BCUT2D eigenvalue weighted by Gasteiger charge is -2.11. The fourth-order valence-corrected chi connectivity index (χ4v) is 2.62. The zero-order valence-electron chi connectivity index (χ0n) is 11.1. The molecule has 0 fully saturated rings. The Labute approximate surface area is 113 Å². The van der Waals surface area contributed by atoms with Gasteiger partial charge in [0.15, 0.2) is 0 Å². The largest absolute Gasteiger partial charge is 0.439 e. The molecule has 1 aliphatic rings. The van der Waals surface area contributed by atoms with Crippen molar-refractivity contribution in [3.63, 3.8) is 0 Å². The fourth-order valence-electron chi connectivity index (χ4n) is 2.62. The standard InChI is InChI=1S/C16H18N2O/c1-11-7-8-18-16(15(11)10-17)19-14-6-5-12-3-2-4-13(12)9-14/h5-9H,2-4,10,17H2,1H3. The first-order chi connectivity index (χ1) is 9.28.